The van der Waals surface area contributed by atoms with E-state index in [4.69, 9.17) is 22.1 Å². The highest BCUT2D eigenvalue weighted by atomic mass is 79.9. The van der Waals surface area contributed by atoms with Gasteiger partial charge in [-0.05, 0) is 68.6 Å². The highest BCUT2D eigenvalue weighted by Crippen LogP contribution is 2.36. The zero-order valence-electron chi connectivity index (χ0n) is 11.0. The summed E-state index contributed by atoms with van der Waals surface area (Å²) in [5.41, 5.74) is 7.25. The van der Waals surface area contributed by atoms with E-state index in [0.717, 1.165) is 20.9 Å². The molecule has 0 heterocycles. The number of halogens is 4. The van der Waals surface area contributed by atoms with Crippen LogP contribution in [0, 0.1) is 5.82 Å². The molecule has 0 unspecified atom stereocenters. The van der Waals surface area contributed by atoms with Gasteiger partial charge in [0.15, 0.2) is 0 Å². The van der Waals surface area contributed by atoms with E-state index in [1.54, 1.807) is 12.1 Å². The maximum atomic E-state index is 13.4. The van der Waals surface area contributed by atoms with Crippen LogP contribution in [-0.2, 0) is 13.0 Å². The Morgan fingerprint density at radius 3 is 2.48 bits per heavy atom. The molecule has 0 bridgehead atoms. The summed E-state index contributed by atoms with van der Waals surface area (Å²) in [7, 11) is 0. The van der Waals surface area contributed by atoms with Gasteiger partial charge in [-0.2, -0.15) is 0 Å². The lowest BCUT2D eigenvalue weighted by Gasteiger charge is -2.13. The maximum Gasteiger partial charge on any atom is 0.148 e. The summed E-state index contributed by atoms with van der Waals surface area (Å²) in [4.78, 5) is 0. The summed E-state index contributed by atoms with van der Waals surface area (Å²) in [5, 5.41) is 0.0875. The van der Waals surface area contributed by atoms with Gasteiger partial charge in [-0.1, -0.05) is 23.7 Å². The third-order valence-electron chi connectivity index (χ3n) is 2.89. The summed E-state index contributed by atoms with van der Waals surface area (Å²) in [6, 6.07) is 8.57. The molecule has 0 amide bonds. The monoisotopic (exact) mass is 435 g/mol. The van der Waals surface area contributed by atoms with Crippen LogP contribution >= 0.6 is 43.5 Å². The highest BCUT2D eigenvalue weighted by molar-refractivity contribution is 9.11. The van der Waals surface area contributed by atoms with Crippen LogP contribution in [0.2, 0.25) is 5.02 Å². The van der Waals surface area contributed by atoms with Crippen LogP contribution in [0.1, 0.15) is 11.1 Å². The lowest BCUT2D eigenvalue weighted by atomic mass is 10.1. The molecule has 0 saturated carbocycles. The van der Waals surface area contributed by atoms with Crippen molar-refractivity contribution < 1.29 is 9.13 Å². The van der Waals surface area contributed by atoms with E-state index in [-0.39, 0.29) is 11.6 Å². The zero-order chi connectivity index (χ0) is 15.4. The SMILES string of the molecule is NCCc1cc(Br)c(OCc2cccc(F)c2Cl)c(Br)c1. The first-order valence-corrected chi connectivity index (χ1v) is 8.23. The second-order valence-electron chi connectivity index (χ2n) is 4.43. The van der Waals surface area contributed by atoms with Crippen molar-refractivity contribution in [1.29, 1.82) is 0 Å². The lowest BCUT2D eigenvalue weighted by molar-refractivity contribution is 0.301. The predicted molar refractivity (Wildman–Crippen MR) is 90.3 cm³/mol. The molecular weight excluding hydrogens is 424 g/mol. The zero-order valence-corrected chi connectivity index (χ0v) is 14.9. The molecule has 2 aromatic carbocycles. The standard InChI is InChI=1S/C15H13Br2ClFNO/c16-11-6-9(4-5-20)7-12(17)15(11)21-8-10-2-1-3-13(19)14(10)18/h1-3,6-7H,4-5,8,20H2. The minimum Gasteiger partial charge on any atom is -0.486 e. The summed E-state index contributed by atoms with van der Waals surface area (Å²) >= 11 is 12.9. The van der Waals surface area contributed by atoms with Crippen molar-refractivity contribution in [3.8, 4) is 5.75 Å². The van der Waals surface area contributed by atoms with Crippen molar-refractivity contribution in [1.82, 2.24) is 0 Å². The quantitative estimate of drug-likeness (QED) is 0.708. The van der Waals surface area contributed by atoms with Crippen molar-refractivity contribution >= 4 is 43.5 Å². The smallest absolute Gasteiger partial charge is 0.148 e. The van der Waals surface area contributed by atoms with Gasteiger partial charge in [0.05, 0.1) is 14.0 Å². The molecule has 6 heteroatoms. The Kier molecular flexibility index (Phi) is 6.05. The molecule has 2 aromatic rings. The summed E-state index contributed by atoms with van der Waals surface area (Å²) in [5.74, 6) is 0.199. The first-order valence-electron chi connectivity index (χ1n) is 6.26. The highest BCUT2D eigenvalue weighted by Gasteiger charge is 2.11. The molecule has 2 rings (SSSR count). The van der Waals surface area contributed by atoms with Crippen LogP contribution < -0.4 is 10.5 Å². The van der Waals surface area contributed by atoms with Gasteiger partial charge in [0.1, 0.15) is 18.2 Å². The molecular formula is C15H13Br2ClFNO. The summed E-state index contributed by atoms with van der Waals surface area (Å²) in [6.07, 6.45) is 0.785. The number of benzene rings is 2. The average molecular weight is 438 g/mol. The van der Waals surface area contributed by atoms with Crippen molar-refractivity contribution in [3.63, 3.8) is 0 Å². The van der Waals surface area contributed by atoms with E-state index in [1.165, 1.54) is 6.07 Å². The molecule has 112 valence electrons. The Bertz CT molecular complexity index is 629. The Labute approximate surface area is 144 Å². The van der Waals surface area contributed by atoms with Crippen LogP contribution in [0.15, 0.2) is 39.3 Å². The maximum absolute atomic E-state index is 13.4. The topological polar surface area (TPSA) is 35.2 Å². The molecule has 0 aromatic heterocycles. The molecule has 21 heavy (non-hydrogen) atoms. The van der Waals surface area contributed by atoms with Gasteiger partial charge in [0.2, 0.25) is 0 Å². The molecule has 0 spiro atoms. The molecule has 0 aliphatic carbocycles. The average Bonchev–Trinajstić information content (AvgIpc) is 2.42. The van der Waals surface area contributed by atoms with E-state index in [9.17, 15) is 4.39 Å². The number of ether oxygens (including phenoxy) is 1. The Morgan fingerprint density at radius 1 is 1.19 bits per heavy atom. The van der Waals surface area contributed by atoms with Crippen LogP contribution in [0.25, 0.3) is 0 Å². The largest absolute Gasteiger partial charge is 0.486 e. The Balaban J connectivity index is 2.18. The fourth-order valence-electron chi connectivity index (χ4n) is 1.87. The fourth-order valence-corrected chi connectivity index (χ4v) is 3.56. The second kappa shape index (κ2) is 7.58. The van der Waals surface area contributed by atoms with Gasteiger partial charge < -0.3 is 10.5 Å². The van der Waals surface area contributed by atoms with E-state index in [1.807, 2.05) is 12.1 Å². The third-order valence-corrected chi connectivity index (χ3v) is 4.50. The molecule has 0 aliphatic rings. The normalized spacial score (nSPS) is 10.7. The van der Waals surface area contributed by atoms with E-state index in [0.29, 0.717) is 17.9 Å². The van der Waals surface area contributed by atoms with Crippen molar-refractivity contribution in [2.24, 2.45) is 5.73 Å². The number of hydrogen-bond acceptors (Lipinski definition) is 2. The number of rotatable bonds is 5. The molecule has 0 atom stereocenters. The number of nitrogens with two attached hydrogens (primary N) is 1. The Hall–Kier alpha value is -0.620. The molecule has 0 saturated heterocycles. The Morgan fingerprint density at radius 2 is 1.86 bits per heavy atom. The van der Waals surface area contributed by atoms with E-state index in [2.05, 4.69) is 31.9 Å². The first kappa shape index (κ1) is 16.7. The van der Waals surface area contributed by atoms with E-state index >= 15 is 0 Å². The second-order valence-corrected chi connectivity index (χ2v) is 6.52. The van der Waals surface area contributed by atoms with Gasteiger partial charge in [0.25, 0.3) is 0 Å². The van der Waals surface area contributed by atoms with Crippen molar-refractivity contribution in [3.05, 3.63) is 61.2 Å². The van der Waals surface area contributed by atoms with E-state index < -0.39 is 5.82 Å². The van der Waals surface area contributed by atoms with Crippen LogP contribution in [0.3, 0.4) is 0 Å². The van der Waals surface area contributed by atoms with Crippen molar-refractivity contribution in [2.45, 2.75) is 13.0 Å². The lowest BCUT2D eigenvalue weighted by Crippen LogP contribution is -2.04. The van der Waals surface area contributed by atoms with Gasteiger partial charge in [-0.25, -0.2) is 4.39 Å². The molecule has 2 nitrogen and oxygen atoms in total. The van der Waals surface area contributed by atoms with Crippen LogP contribution in [0.4, 0.5) is 4.39 Å². The van der Waals surface area contributed by atoms with Gasteiger partial charge in [0, 0.05) is 5.56 Å². The van der Waals surface area contributed by atoms with Gasteiger partial charge >= 0.3 is 0 Å². The minimum absolute atomic E-state index is 0.0875. The molecule has 2 N–H and O–H groups in total. The minimum atomic E-state index is -0.450. The molecule has 0 radical (unpaired) electrons. The van der Waals surface area contributed by atoms with Crippen LogP contribution in [-0.4, -0.2) is 6.54 Å². The van der Waals surface area contributed by atoms with Crippen molar-refractivity contribution in [2.75, 3.05) is 6.54 Å². The van der Waals surface area contributed by atoms with Gasteiger partial charge in [-0.3, -0.25) is 0 Å². The van der Waals surface area contributed by atoms with Crippen LogP contribution in [0.5, 0.6) is 5.75 Å². The fraction of sp³-hybridized carbons (Fsp3) is 0.200. The van der Waals surface area contributed by atoms with Gasteiger partial charge in [-0.15, -0.1) is 0 Å². The predicted octanol–water partition coefficient (Wildman–Crippen LogP) is 5.08. The number of hydrogen-bond donors (Lipinski definition) is 1. The summed E-state index contributed by atoms with van der Waals surface area (Å²) in [6.45, 7) is 0.766. The molecule has 0 fully saturated rings. The third kappa shape index (κ3) is 4.19. The first-order chi connectivity index (χ1) is 10.0. The molecule has 0 aliphatic heterocycles. The summed E-state index contributed by atoms with van der Waals surface area (Å²) < 4.78 is 20.8.